The second-order valence-corrected chi connectivity index (χ2v) is 12.4. The molecule has 0 radical (unpaired) electrons. The van der Waals surface area contributed by atoms with Crippen molar-refractivity contribution in [1.82, 2.24) is 4.41 Å². The minimum Gasteiger partial charge on any atom is -0.203 e. The van der Waals surface area contributed by atoms with Crippen molar-refractivity contribution in [3.05, 3.63) is 0 Å². The monoisotopic (exact) mass is 440 g/mol. The summed E-state index contributed by atoms with van der Waals surface area (Å²) in [5.41, 5.74) is 2.00. The normalized spacial score (nSPS) is 16.9. The van der Waals surface area contributed by atoms with E-state index in [2.05, 4.69) is 23.4 Å². The molecule has 0 fully saturated rings. The van der Waals surface area contributed by atoms with Crippen molar-refractivity contribution in [2.24, 2.45) is 5.10 Å². The molecule has 1 rings (SSSR count). The van der Waals surface area contributed by atoms with Gasteiger partial charge >= 0.3 is 0 Å². The summed E-state index contributed by atoms with van der Waals surface area (Å²) in [5, 5.41) is 4.50. The largest absolute Gasteiger partial charge is 0.203 e. The van der Waals surface area contributed by atoms with E-state index in [0.717, 1.165) is 0 Å². The molecule has 1 heterocycles. The Morgan fingerprint density at radius 3 is 2.00 bits per heavy atom. The molecule has 0 bridgehead atoms. The van der Waals surface area contributed by atoms with Gasteiger partial charge in [0.1, 0.15) is 0 Å². The van der Waals surface area contributed by atoms with Crippen LogP contribution in [0.5, 0.6) is 0 Å². The molecule has 0 aromatic heterocycles. The lowest BCUT2D eigenvalue weighted by Gasteiger charge is -2.19. The number of unbranched alkanes of at least 4 members (excludes halogenated alkanes) is 10. The minimum absolute atomic E-state index is 0.451. The molecule has 0 spiro atoms. The van der Waals surface area contributed by atoms with Crippen molar-refractivity contribution >= 4 is 60.7 Å². The highest BCUT2D eigenvalue weighted by molar-refractivity contribution is 8.79. The van der Waals surface area contributed by atoms with E-state index in [4.69, 9.17) is 0 Å². The highest BCUT2D eigenvalue weighted by Crippen LogP contribution is 2.44. The van der Waals surface area contributed by atoms with Crippen LogP contribution in [-0.4, -0.2) is 26.2 Å². The molecule has 0 aromatic carbocycles. The Bertz CT molecular complexity index is 318. The van der Waals surface area contributed by atoms with E-state index in [9.17, 15) is 0 Å². The van der Waals surface area contributed by atoms with Gasteiger partial charge in [-0.2, -0.15) is 5.10 Å². The SMILES string of the molecule is CCCCCCCCSSC1SC=NN1SSCCCCCCCC. The second kappa shape index (κ2) is 18.6. The van der Waals surface area contributed by atoms with E-state index in [-0.39, 0.29) is 0 Å². The maximum atomic E-state index is 4.50. The Kier molecular flexibility index (Phi) is 18.0. The molecule has 1 unspecified atom stereocenters. The Balaban J connectivity index is 1.92. The van der Waals surface area contributed by atoms with Crippen molar-refractivity contribution in [2.75, 3.05) is 11.5 Å². The van der Waals surface area contributed by atoms with Crippen molar-refractivity contribution in [3.63, 3.8) is 0 Å². The molecule has 0 aliphatic carbocycles. The first kappa shape index (κ1) is 24.3. The summed E-state index contributed by atoms with van der Waals surface area (Å²) in [4.78, 5) is 0. The number of nitrogens with zero attached hydrogens (tertiary/aromatic N) is 2. The number of hydrazone groups is 1. The molecular weight excluding hydrogens is 405 g/mol. The van der Waals surface area contributed by atoms with Gasteiger partial charge in [0.15, 0.2) is 4.71 Å². The van der Waals surface area contributed by atoms with E-state index in [1.165, 1.54) is 88.6 Å². The van der Waals surface area contributed by atoms with Crippen molar-refractivity contribution in [2.45, 2.75) is 95.6 Å². The van der Waals surface area contributed by atoms with Crippen LogP contribution in [0.25, 0.3) is 0 Å². The van der Waals surface area contributed by atoms with Crippen molar-refractivity contribution in [1.29, 1.82) is 0 Å². The first-order valence-electron chi connectivity index (χ1n) is 9.93. The quantitative estimate of drug-likeness (QED) is 0.119. The maximum Gasteiger partial charge on any atom is 0.166 e. The van der Waals surface area contributed by atoms with Gasteiger partial charge in [0.25, 0.3) is 0 Å². The van der Waals surface area contributed by atoms with Crippen LogP contribution in [-0.2, 0) is 0 Å². The van der Waals surface area contributed by atoms with Gasteiger partial charge in [-0.1, -0.05) is 122 Å². The predicted octanol–water partition coefficient (Wildman–Crippen LogP) is 8.66. The summed E-state index contributed by atoms with van der Waals surface area (Å²) >= 11 is 1.84. The summed E-state index contributed by atoms with van der Waals surface area (Å²) in [7, 11) is 7.81. The summed E-state index contributed by atoms with van der Waals surface area (Å²) in [6, 6.07) is 0. The zero-order chi connectivity index (χ0) is 18.0. The molecule has 2 nitrogen and oxygen atoms in total. The van der Waals surface area contributed by atoms with Gasteiger partial charge in [-0.05, 0) is 12.8 Å². The standard InChI is InChI=1S/C18H36N2S5/c1-3-5-7-9-11-13-15-22-24-18-20(19-17-21-18)25-23-16-14-12-10-8-6-4-2/h17-18H,3-16H2,1-2H3. The van der Waals surface area contributed by atoms with E-state index >= 15 is 0 Å². The molecule has 0 amide bonds. The minimum atomic E-state index is 0.451. The zero-order valence-corrected chi connectivity index (χ0v) is 20.1. The van der Waals surface area contributed by atoms with Crippen LogP contribution in [0.2, 0.25) is 0 Å². The Morgan fingerprint density at radius 1 is 0.800 bits per heavy atom. The molecule has 0 N–H and O–H groups in total. The fraction of sp³-hybridized carbons (Fsp3) is 0.944. The van der Waals surface area contributed by atoms with Crippen LogP contribution >= 0.6 is 55.1 Å². The molecule has 25 heavy (non-hydrogen) atoms. The summed E-state index contributed by atoms with van der Waals surface area (Å²) < 4.78 is 2.64. The summed E-state index contributed by atoms with van der Waals surface area (Å²) in [6.45, 7) is 4.56. The molecule has 148 valence electrons. The van der Waals surface area contributed by atoms with Gasteiger partial charge in [0.2, 0.25) is 0 Å². The lowest BCUT2D eigenvalue weighted by Crippen LogP contribution is -2.11. The van der Waals surface area contributed by atoms with E-state index in [1.54, 1.807) is 0 Å². The van der Waals surface area contributed by atoms with Crippen molar-refractivity contribution < 1.29 is 0 Å². The lowest BCUT2D eigenvalue weighted by atomic mass is 10.1. The molecule has 0 saturated heterocycles. The molecular formula is C18H36N2S5. The average molecular weight is 441 g/mol. The third-order valence-corrected chi connectivity index (χ3v) is 10.6. The van der Waals surface area contributed by atoms with Gasteiger partial charge in [-0.25, -0.2) is 4.41 Å². The average Bonchev–Trinajstić information content (AvgIpc) is 3.07. The van der Waals surface area contributed by atoms with Crippen LogP contribution in [0.1, 0.15) is 90.9 Å². The Morgan fingerprint density at radius 2 is 1.36 bits per heavy atom. The number of hydrogen-bond acceptors (Lipinski definition) is 7. The third kappa shape index (κ3) is 14.0. The van der Waals surface area contributed by atoms with E-state index < -0.39 is 0 Å². The maximum absolute atomic E-state index is 4.50. The number of hydrogen-bond donors (Lipinski definition) is 0. The smallest absolute Gasteiger partial charge is 0.166 e. The first-order valence-corrected chi connectivity index (χ1v) is 15.5. The molecule has 0 aromatic rings. The molecule has 1 atom stereocenters. The van der Waals surface area contributed by atoms with Crippen molar-refractivity contribution in [3.8, 4) is 0 Å². The highest BCUT2D eigenvalue weighted by atomic mass is 33.1. The number of thioether (sulfide) groups is 1. The van der Waals surface area contributed by atoms with Gasteiger partial charge in [-0.3, -0.25) is 0 Å². The predicted molar refractivity (Wildman–Crippen MR) is 129 cm³/mol. The van der Waals surface area contributed by atoms with Gasteiger partial charge in [-0.15, -0.1) is 0 Å². The van der Waals surface area contributed by atoms with Gasteiger partial charge in [0.05, 0.1) is 5.55 Å². The number of rotatable bonds is 18. The van der Waals surface area contributed by atoms with Crippen LogP contribution in [0, 0.1) is 0 Å². The van der Waals surface area contributed by atoms with Crippen LogP contribution in [0.3, 0.4) is 0 Å². The third-order valence-electron chi connectivity index (χ3n) is 3.96. The molecule has 0 saturated carbocycles. The van der Waals surface area contributed by atoms with Gasteiger partial charge < -0.3 is 0 Å². The van der Waals surface area contributed by atoms with Crippen LogP contribution in [0.4, 0.5) is 0 Å². The zero-order valence-electron chi connectivity index (χ0n) is 16.0. The highest BCUT2D eigenvalue weighted by Gasteiger charge is 2.23. The van der Waals surface area contributed by atoms with Gasteiger partial charge in [0, 0.05) is 22.5 Å². The lowest BCUT2D eigenvalue weighted by molar-refractivity contribution is 0.588. The molecule has 7 heteroatoms. The second-order valence-electron chi connectivity index (χ2n) is 6.32. The van der Waals surface area contributed by atoms with E-state index in [1.807, 2.05) is 60.7 Å². The Labute approximate surface area is 176 Å². The summed E-state index contributed by atoms with van der Waals surface area (Å²) in [6.07, 6.45) is 16.6. The summed E-state index contributed by atoms with van der Waals surface area (Å²) in [5.74, 6) is 2.52. The molecule has 1 aliphatic rings. The topological polar surface area (TPSA) is 15.6 Å². The molecule has 1 aliphatic heterocycles. The van der Waals surface area contributed by atoms with Crippen LogP contribution in [0.15, 0.2) is 5.10 Å². The first-order chi connectivity index (χ1) is 12.4. The fourth-order valence-electron chi connectivity index (χ4n) is 2.43. The fourth-order valence-corrected chi connectivity index (χ4v) is 9.00. The van der Waals surface area contributed by atoms with E-state index in [0.29, 0.717) is 4.71 Å². The Hall–Kier alpha value is 1.22. The van der Waals surface area contributed by atoms with Crippen LogP contribution < -0.4 is 0 Å².